The first-order valence-corrected chi connectivity index (χ1v) is 3.55. The largest absolute Gasteiger partial charge is 0.481 e. The molecule has 0 saturated heterocycles. The smallest absolute Gasteiger partial charge is 0.277 e. The number of nitrogens with two attached hydrogens (primary N) is 1. The molecule has 0 atom stereocenters. The number of hydrogen-bond acceptors (Lipinski definition) is 5. The van der Waals surface area contributed by atoms with Crippen LogP contribution < -0.4 is 10.5 Å². The third-order valence-electron chi connectivity index (χ3n) is 1.46. The molecule has 0 aliphatic heterocycles. The normalized spacial score (nSPS) is 9.50. The van der Waals surface area contributed by atoms with Crippen LogP contribution in [0.3, 0.4) is 0 Å². The zero-order chi connectivity index (χ0) is 10.7. The van der Waals surface area contributed by atoms with Gasteiger partial charge in [0.1, 0.15) is 5.69 Å². The summed E-state index contributed by atoms with van der Waals surface area (Å²) >= 11 is 0. The first-order chi connectivity index (χ1) is 6.54. The maximum absolute atomic E-state index is 10.7. The highest BCUT2D eigenvalue weighted by Gasteiger charge is 2.14. The Labute approximate surface area is 78.6 Å². The van der Waals surface area contributed by atoms with Crippen LogP contribution in [0.4, 0.5) is 5.69 Å². The lowest BCUT2D eigenvalue weighted by Crippen LogP contribution is -2.13. The molecule has 0 saturated carbocycles. The number of methoxy groups -OCH3 is 1. The van der Waals surface area contributed by atoms with Crippen LogP contribution >= 0.6 is 0 Å². The Bertz CT molecular complexity index is 358. The van der Waals surface area contributed by atoms with Gasteiger partial charge in [-0.3, -0.25) is 14.9 Å². The van der Waals surface area contributed by atoms with Crippen molar-refractivity contribution in [2.45, 2.75) is 0 Å². The summed E-state index contributed by atoms with van der Waals surface area (Å²) in [6, 6.07) is 2.09. The van der Waals surface area contributed by atoms with E-state index in [0.717, 1.165) is 12.1 Å². The van der Waals surface area contributed by atoms with E-state index in [4.69, 9.17) is 5.73 Å². The number of rotatable bonds is 3. The van der Waals surface area contributed by atoms with Gasteiger partial charge < -0.3 is 10.5 Å². The Hall–Kier alpha value is -2.18. The van der Waals surface area contributed by atoms with Crippen LogP contribution in [0.5, 0.6) is 5.88 Å². The molecule has 0 bridgehead atoms. The Kier molecular flexibility index (Phi) is 2.61. The zero-order valence-corrected chi connectivity index (χ0v) is 7.26. The van der Waals surface area contributed by atoms with E-state index >= 15 is 0 Å². The molecule has 0 fully saturated rings. The van der Waals surface area contributed by atoms with Gasteiger partial charge in [0, 0.05) is 6.07 Å². The van der Waals surface area contributed by atoms with Crippen LogP contribution in [-0.2, 0) is 0 Å². The summed E-state index contributed by atoms with van der Waals surface area (Å²) in [5.41, 5.74) is 4.44. The lowest BCUT2D eigenvalue weighted by atomic mass is 10.3. The molecule has 1 aromatic heterocycles. The Morgan fingerprint density at radius 3 is 2.71 bits per heavy atom. The highest BCUT2D eigenvalue weighted by Crippen LogP contribution is 2.18. The lowest BCUT2D eigenvalue weighted by Gasteiger charge is -2.00. The molecular weight excluding hydrogens is 190 g/mol. The van der Waals surface area contributed by atoms with Gasteiger partial charge in [-0.05, 0) is 0 Å². The van der Waals surface area contributed by atoms with Gasteiger partial charge in [-0.1, -0.05) is 0 Å². The fraction of sp³-hybridized carbons (Fsp3) is 0.143. The molecule has 1 heterocycles. The molecule has 0 aromatic carbocycles. The molecule has 7 nitrogen and oxygen atoms in total. The first kappa shape index (κ1) is 9.90. The summed E-state index contributed by atoms with van der Waals surface area (Å²) in [4.78, 5) is 24.1. The highest BCUT2D eigenvalue weighted by molar-refractivity contribution is 5.91. The molecular formula is C7H7N3O4. The Balaban J connectivity index is 3.27. The van der Waals surface area contributed by atoms with E-state index in [-0.39, 0.29) is 17.3 Å². The number of hydrogen-bond donors (Lipinski definition) is 1. The number of carbonyl (C=O) groups is 1. The van der Waals surface area contributed by atoms with Crippen molar-refractivity contribution in [3.05, 3.63) is 27.9 Å². The minimum atomic E-state index is -0.841. The zero-order valence-electron chi connectivity index (χ0n) is 7.26. The van der Waals surface area contributed by atoms with E-state index in [1.165, 1.54) is 7.11 Å². The number of nitrogens with zero attached hydrogens (tertiary/aromatic N) is 2. The van der Waals surface area contributed by atoms with E-state index < -0.39 is 10.8 Å². The number of amides is 1. The van der Waals surface area contributed by atoms with E-state index in [1.807, 2.05) is 0 Å². The van der Waals surface area contributed by atoms with Gasteiger partial charge in [-0.25, -0.2) is 4.98 Å². The maximum Gasteiger partial charge on any atom is 0.277 e. The molecule has 0 aliphatic rings. The number of nitro groups is 1. The number of pyridine rings is 1. The molecule has 2 N–H and O–H groups in total. The molecule has 14 heavy (non-hydrogen) atoms. The fourth-order valence-corrected chi connectivity index (χ4v) is 0.828. The van der Waals surface area contributed by atoms with Gasteiger partial charge in [0.25, 0.3) is 11.6 Å². The minimum Gasteiger partial charge on any atom is -0.481 e. The van der Waals surface area contributed by atoms with E-state index in [0.29, 0.717) is 0 Å². The summed E-state index contributed by atoms with van der Waals surface area (Å²) in [5.74, 6) is -0.861. The summed E-state index contributed by atoms with van der Waals surface area (Å²) in [6.07, 6.45) is 0. The topological polar surface area (TPSA) is 108 Å². The lowest BCUT2D eigenvalue weighted by molar-refractivity contribution is -0.385. The summed E-state index contributed by atoms with van der Waals surface area (Å²) in [5, 5.41) is 10.4. The Morgan fingerprint density at radius 2 is 2.29 bits per heavy atom. The van der Waals surface area contributed by atoms with Gasteiger partial charge in [-0.2, -0.15) is 0 Å². The monoisotopic (exact) mass is 197 g/mol. The summed E-state index contributed by atoms with van der Waals surface area (Å²) in [6.45, 7) is 0. The van der Waals surface area contributed by atoms with Gasteiger partial charge in [-0.15, -0.1) is 0 Å². The van der Waals surface area contributed by atoms with Gasteiger partial charge in [0.2, 0.25) is 5.88 Å². The Morgan fingerprint density at radius 1 is 1.64 bits per heavy atom. The van der Waals surface area contributed by atoms with Crippen molar-refractivity contribution in [2.75, 3.05) is 7.11 Å². The predicted octanol–water partition coefficient (Wildman–Crippen LogP) is 0.0973. The third kappa shape index (κ3) is 1.94. The second-order valence-electron chi connectivity index (χ2n) is 2.37. The molecule has 1 rings (SSSR count). The first-order valence-electron chi connectivity index (χ1n) is 3.55. The molecule has 1 amide bonds. The van der Waals surface area contributed by atoms with Crippen LogP contribution in [0.25, 0.3) is 0 Å². The molecule has 0 aliphatic carbocycles. The van der Waals surface area contributed by atoms with Crippen molar-refractivity contribution in [3.63, 3.8) is 0 Å². The summed E-state index contributed by atoms with van der Waals surface area (Å²) in [7, 11) is 1.29. The van der Waals surface area contributed by atoms with E-state index in [2.05, 4.69) is 9.72 Å². The number of carbonyl (C=O) groups excluding carboxylic acids is 1. The quantitative estimate of drug-likeness (QED) is 0.545. The molecule has 0 radical (unpaired) electrons. The second-order valence-corrected chi connectivity index (χ2v) is 2.37. The minimum absolute atomic E-state index is 0.0204. The molecule has 1 aromatic rings. The van der Waals surface area contributed by atoms with Crippen LogP contribution in [0.15, 0.2) is 12.1 Å². The fourth-order valence-electron chi connectivity index (χ4n) is 0.828. The average Bonchev–Trinajstić information content (AvgIpc) is 2.16. The molecule has 7 heteroatoms. The molecule has 0 spiro atoms. The van der Waals surface area contributed by atoms with Crippen LogP contribution in [0.1, 0.15) is 10.5 Å². The van der Waals surface area contributed by atoms with Crippen LogP contribution in [-0.4, -0.2) is 22.9 Å². The SMILES string of the molecule is COc1cc([N+](=O)[O-])cc(C(N)=O)n1. The predicted molar refractivity (Wildman–Crippen MR) is 46.0 cm³/mol. The average molecular weight is 197 g/mol. The van der Waals surface area contributed by atoms with Crippen LogP contribution in [0.2, 0.25) is 0 Å². The summed E-state index contributed by atoms with van der Waals surface area (Å²) < 4.78 is 4.67. The second kappa shape index (κ2) is 3.69. The molecule has 74 valence electrons. The highest BCUT2D eigenvalue weighted by atomic mass is 16.6. The van der Waals surface area contributed by atoms with Crippen molar-refractivity contribution in [3.8, 4) is 5.88 Å². The van der Waals surface area contributed by atoms with Crippen molar-refractivity contribution < 1.29 is 14.5 Å². The van der Waals surface area contributed by atoms with Crippen molar-refractivity contribution >= 4 is 11.6 Å². The van der Waals surface area contributed by atoms with Gasteiger partial charge in [0.15, 0.2) is 0 Å². The number of primary amides is 1. The number of ether oxygens (including phenoxy) is 1. The third-order valence-corrected chi connectivity index (χ3v) is 1.46. The van der Waals surface area contributed by atoms with E-state index in [9.17, 15) is 14.9 Å². The van der Waals surface area contributed by atoms with Gasteiger partial charge in [0.05, 0.1) is 18.1 Å². The van der Waals surface area contributed by atoms with Crippen molar-refractivity contribution in [2.24, 2.45) is 5.73 Å². The number of aromatic nitrogens is 1. The van der Waals surface area contributed by atoms with E-state index in [1.54, 1.807) is 0 Å². The van der Waals surface area contributed by atoms with Crippen molar-refractivity contribution in [1.29, 1.82) is 0 Å². The van der Waals surface area contributed by atoms with Gasteiger partial charge >= 0.3 is 0 Å². The maximum atomic E-state index is 10.7. The van der Waals surface area contributed by atoms with Crippen molar-refractivity contribution in [1.82, 2.24) is 4.98 Å². The standard InChI is InChI=1S/C7H7N3O4/c1-14-6-3-4(10(12)13)2-5(9-6)7(8)11/h2-3H,1H3,(H2,8,11). The van der Waals surface area contributed by atoms with Crippen LogP contribution in [0, 0.1) is 10.1 Å². The molecule has 0 unspecified atom stereocenters.